The minimum atomic E-state index is -0.629. The normalized spacial score (nSPS) is 11.8. The van der Waals surface area contributed by atoms with Gasteiger partial charge in [-0.3, -0.25) is 14.3 Å². The number of rotatable bonds is 7. The Morgan fingerprint density at radius 2 is 1.82 bits per heavy atom. The summed E-state index contributed by atoms with van der Waals surface area (Å²) in [7, 11) is 0. The zero-order valence-corrected chi connectivity index (χ0v) is 16.8. The van der Waals surface area contributed by atoms with E-state index in [0.29, 0.717) is 19.5 Å². The van der Waals surface area contributed by atoms with Crippen molar-refractivity contribution in [2.45, 2.75) is 26.3 Å². The molecule has 2 amide bonds. The van der Waals surface area contributed by atoms with Crippen molar-refractivity contribution in [2.75, 3.05) is 13.1 Å². The second kappa shape index (κ2) is 9.32. The molecule has 2 heterocycles. The lowest BCUT2D eigenvalue weighted by Crippen LogP contribution is -2.42. The van der Waals surface area contributed by atoms with Crippen molar-refractivity contribution >= 4 is 23.2 Å². The fourth-order valence-corrected chi connectivity index (χ4v) is 3.88. The largest absolute Gasteiger partial charge is 0.348 e. The Morgan fingerprint density at radius 3 is 2.46 bits per heavy atom. The second-order valence-electron chi connectivity index (χ2n) is 6.60. The Hall–Kier alpha value is -2.93. The van der Waals surface area contributed by atoms with Crippen LogP contribution in [0.4, 0.5) is 0 Å². The lowest BCUT2D eigenvalue weighted by Gasteiger charge is -2.18. The van der Waals surface area contributed by atoms with Gasteiger partial charge in [-0.15, -0.1) is 11.3 Å². The molecule has 0 fully saturated rings. The van der Waals surface area contributed by atoms with Crippen LogP contribution in [0.5, 0.6) is 0 Å². The molecule has 0 aliphatic rings. The van der Waals surface area contributed by atoms with E-state index in [1.807, 2.05) is 72.4 Å². The number of carbonyl (C=O) groups is 2. The van der Waals surface area contributed by atoms with Gasteiger partial charge in [0.15, 0.2) is 0 Å². The smallest absolute Gasteiger partial charge is 0.309 e. The maximum absolute atomic E-state index is 12.2. The monoisotopic (exact) mass is 396 g/mol. The van der Waals surface area contributed by atoms with Crippen molar-refractivity contribution in [3.05, 3.63) is 75.7 Å². The summed E-state index contributed by atoms with van der Waals surface area (Å²) in [4.78, 5) is 25.4. The fraction of sp³-hybridized carbons (Fsp3) is 0.286. The average molecular weight is 397 g/mol. The first-order valence-electron chi connectivity index (χ1n) is 9.20. The van der Waals surface area contributed by atoms with Gasteiger partial charge >= 0.3 is 11.8 Å². The molecule has 2 aromatic heterocycles. The third-order valence-corrected chi connectivity index (χ3v) is 5.39. The van der Waals surface area contributed by atoms with Crippen molar-refractivity contribution in [3.8, 4) is 0 Å². The lowest BCUT2D eigenvalue weighted by molar-refractivity contribution is -0.139. The predicted octanol–water partition coefficient (Wildman–Crippen LogP) is 2.63. The van der Waals surface area contributed by atoms with E-state index >= 15 is 0 Å². The van der Waals surface area contributed by atoms with E-state index in [9.17, 15) is 9.59 Å². The van der Waals surface area contributed by atoms with Crippen LogP contribution in [0.1, 0.15) is 27.9 Å². The summed E-state index contributed by atoms with van der Waals surface area (Å²) < 4.78 is 1.90. The minimum Gasteiger partial charge on any atom is -0.348 e. The van der Waals surface area contributed by atoms with Crippen LogP contribution in [0.2, 0.25) is 0 Å². The van der Waals surface area contributed by atoms with Crippen molar-refractivity contribution < 1.29 is 9.59 Å². The number of aromatic nitrogens is 2. The van der Waals surface area contributed by atoms with E-state index in [-0.39, 0.29) is 6.04 Å². The Labute approximate surface area is 168 Å². The highest BCUT2D eigenvalue weighted by Crippen LogP contribution is 2.24. The molecule has 0 aliphatic heterocycles. The van der Waals surface area contributed by atoms with Gasteiger partial charge in [-0.25, -0.2) is 0 Å². The third-order valence-electron chi connectivity index (χ3n) is 4.42. The maximum Gasteiger partial charge on any atom is 0.309 e. The molecular formula is C21H24N4O2S. The van der Waals surface area contributed by atoms with Crippen LogP contribution < -0.4 is 10.6 Å². The van der Waals surface area contributed by atoms with Gasteiger partial charge in [-0.2, -0.15) is 5.10 Å². The highest BCUT2D eigenvalue weighted by atomic mass is 32.1. The highest BCUT2D eigenvalue weighted by molar-refractivity contribution is 7.10. The van der Waals surface area contributed by atoms with Gasteiger partial charge in [0.05, 0.1) is 5.69 Å². The summed E-state index contributed by atoms with van der Waals surface area (Å²) in [6.45, 7) is 4.64. The third kappa shape index (κ3) is 5.07. The maximum atomic E-state index is 12.2. The minimum absolute atomic E-state index is 0.144. The molecule has 2 N–H and O–H groups in total. The molecule has 6 nitrogen and oxygen atoms in total. The van der Waals surface area contributed by atoms with E-state index < -0.39 is 11.8 Å². The van der Waals surface area contributed by atoms with Gasteiger partial charge in [0, 0.05) is 23.7 Å². The molecule has 0 bridgehead atoms. The number of nitrogens with one attached hydrogen (secondary N) is 2. The van der Waals surface area contributed by atoms with E-state index in [1.165, 1.54) is 0 Å². The van der Waals surface area contributed by atoms with Gasteiger partial charge in [0.25, 0.3) is 0 Å². The molecule has 1 atom stereocenters. The Morgan fingerprint density at radius 1 is 1.07 bits per heavy atom. The van der Waals surface area contributed by atoms with Gasteiger partial charge in [0.1, 0.15) is 6.04 Å². The molecule has 1 aromatic carbocycles. The first kappa shape index (κ1) is 19.8. The van der Waals surface area contributed by atoms with E-state index in [1.54, 1.807) is 11.3 Å². The van der Waals surface area contributed by atoms with Gasteiger partial charge in [-0.1, -0.05) is 36.4 Å². The molecule has 3 aromatic rings. The number of hydrogen-bond donors (Lipinski definition) is 2. The van der Waals surface area contributed by atoms with Crippen LogP contribution in [0, 0.1) is 13.8 Å². The van der Waals surface area contributed by atoms with Crippen LogP contribution in [0.15, 0.2) is 53.9 Å². The SMILES string of the molecule is Cc1cc(C)n(C(CNC(=O)C(=O)NCCc2ccccc2)c2cccs2)n1. The van der Waals surface area contributed by atoms with Gasteiger partial charge in [0.2, 0.25) is 0 Å². The van der Waals surface area contributed by atoms with E-state index in [0.717, 1.165) is 21.8 Å². The molecule has 146 valence electrons. The topological polar surface area (TPSA) is 76.0 Å². The molecule has 0 radical (unpaired) electrons. The van der Waals surface area contributed by atoms with Crippen molar-refractivity contribution in [2.24, 2.45) is 0 Å². The Kier molecular flexibility index (Phi) is 6.60. The molecule has 0 aliphatic carbocycles. The number of nitrogens with zero attached hydrogens (tertiary/aromatic N) is 2. The predicted molar refractivity (Wildman–Crippen MR) is 110 cm³/mol. The molecule has 28 heavy (non-hydrogen) atoms. The van der Waals surface area contributed by atoms with Crippen molar-refractivity contribution in [1.82, 2.24) is 20.4 Å². The second-order valence-corrected chi connectivity index (χ2v) is 7.58. The highest BCUT2D eigenvalue weighted by Gasteiger charge is 2.21. The first-order valence-corrected chi connectivity index (χ1v) is 10.1. The molecule has 0 saturated heterocycles. The molecule has 0 spiro atoms. The average Bonchev–Trinajstić information content (AvgIpc) is 3.33. The fourth-order valence-electron chi connectivity index (χ4n) is 3.07. The summed E-state index contributed by atoms with van der Waals surface area (Å²) >= 11 is 1.60. The molecule has 3 rings (SSSR count). The summed E-state index contributed by atoms with van der Waals surface area (Å²) in [5, 5.41) is 12.0. The van der Waals surface area contributed by atoms with E-state index in [2.05, 4.69) is 15.7 Å². The standard InChI is InChI=1S/C21H24N4O2S/c1-15-13-16(2)25(24-15)18(19-9-6-12-28-19)14-23-21(27)20(26)22-11-10-17-7-4-3-5-8-17/h3-9,12-13,18H,10-11,14H2,1-2H3,(H,22,26)(H,23,27). The molecule has 7 heteroatoms. The first-order chi connectivity index (χ1) is 13.5. The lowest BCUT2D eigenvalue weighted by atomic mass is 10.1. The summed E-state index contributed by atoms with van der Waals surface area (Å²) in [5.74, 6) is -1.25. The van der Waals surface area contributed by atoms with E-state index in [4.69, 9.17) is 0 Å². The number of thiophene rings is 1. The molecule has 0 saturated carbocycles. The van der Waals surface area contributed by atoms with Crippen LogP contribution in [-0.2, 0) is 16.0 Å². The number of carbonyl (C=O) groups excluding carboxylic acids is 2. The quantitative estimate of drug-likeness (QED) is 0.603. The van der Waals surface area contributed by atoms with Crippen LogP contribution in [0.25, 0.3) is 0 Å². The van der Waals surface area contributed by atoms with Gasteiger partial charge < -0.3 is 10.6 Å². The zero-order chi connectivity index (χ0) is 19.9. The molecule has 1 unspecified atom stereocenters. The number of hydrogen-bond acceptors (Lipinski definition) is 4. The van der Waals surface area contributed by atoms with Crippen molar-refractivity contribution in [1.29, 1.82) is 0 Å². The Balaban J connectivity index is 1.56. The van der Waals surface area contributed by atoms with Gasteiger partial charge in [-0.05, 0) is 43.3 Å². The summed E-state index contributed by atoms with van der Waals surface area (Å²) in [6.07, 6.45) is 0.684. The van der Waals surface area contributed by atoms with Crippen LogP contribution in [-0.4, -0.2) is 34.7 Å². The number of amides is 2. The number of aryl methyl sites for hydroxylation is 2. The summed E-state index contributed by atoms with van der Waals surface area (Å²) in [5.41, 5.74) is 3.05. The van der Waals surface area contributed by atoms with Crippen LogP contribution in [0.3, 0.4) is 0 Å². The van der Waals surface area contributed by atoms with Crippen molar-refractivity contribution in [3.63, 3.8) is 0 Å². The molecular weight excluding hydrogens is 372 g/mol. The van der Waals surface area contributed by atoms with Crippen LogP contribution >= 0.6 is 11.3 Å². The number of benzene rings is 1. The Bertz CT molecular complexity index is 919. The summed E-state index contributed by atoms with van der Waals surface area (Å²) in [6, 6.07) is 15.7. The zero-order valence-electron chi connectivity index (χ0n) is 16.0.